The van der Waals surface area contributed by atoms with Gasteiger partial charge in [-0.2, -0.15) is 0 Å². The highest BCUT2D eigenvalue weighted by atomic mass is 35.5. The molecule has 1 heterocycles. The summed E-state index contributed by atoms with van der Waals surface area (Å²) in [6, 6.07) is 4.76. The van der Waals surface area contributed by atoms with Crippen molar-refractivity contribution in [3.05, 3.63) is 28.2 Å². The Morgan fingerprint density at radius 1 is 1.43 bits per heavy atom. The number of benzene rings is 1. The van der Waals surface area contributed by atoms with Crippen LogP contribution in [0.2, 0.25) is 10.0 Å². The van der Waals surface area contributed by atoms with Crippen molar-refractivity contribution in [3.63, 3.8) is 0 Å². The minimum absolute atomic E-state index is 0.133. The monoisotopic (exact) mass is 361 g/mol. The van der Waals surface area contributed by atoms with Gasteiger partial charge < -0.3 is 19.5 Å². The van der Waals surface area contributed by atoms with Crippen molar-refractivity contribution in [3.8, 4) is 5.75 Å². The normalized spacial score (nSPS) is 19.3. The summed E-state index contributed by atoms with van der Waals surface area (Å²) >= 11 is 11.7. The predicted octanol–water partition coefficient (Wildman–Crippen LogP) is 2.46. The van der Waals surface area contributed by atoms with E-state index < -0.39 is 18.2 Å². The molecular weight excluding hydrogens is 345 g/mol. The summed E-state index contributed by atoms with van der Waals surface area (Å²) in [4.78, 5) is 24.7. The van der Waals surface area contributed by atoms with Gasteiger partial charge in [-0.1, -0.05) is 23.2 Å². The van der Waals surface area contributed by atoms with Gasteiger partial charge in [0.25, 0.3) is 5.91 Å². The Kier molecular flexibility index (Phi) is 6.10. The van der Waals surface area contributed by atoms with Gasteiger partial charge in [0.05, 0.1) is 29.2 Å². The number of ether oxygens (including phenoxy) is 2. The van der Waals surface area contributed by atoms with Crippen LogP contribution in [0.4, 0.5) is 0 Å². The van der Waals surface area contributed by atoms with Crippen LogP contribution in [0.25, 0.3) is 0 Å². The molecule has 0 bridgehead atoms. The SMILES string of the molecule is C[C@H](Oc1ccc(Cl)c(Cl)c1)C(=O)N1CCO[C@H](CC(=O)O)C1. The molecule has 8 heteroatoms. The number of hydrogen-bond donors (Lipinski definition) is 1. The van der Waals surface area contributed by atoms with Crippen LogP contribution < -0.4 is 4.74 Å². The third-order valence-electron chi connectivity index (χ3n) is 3.40. The van der Waals surface area contributed by atoms with E-state index in [0.29, 0.717) is 28.9 Å². The van der Waals surface area contributed by atoms with E-state index in [-0.39, 0.29) is 18.9 Å². The molecule has 1 aliphatic heterocycles. The fraction of sp³-hybridized carbons (Fsp3) is 0.467. The van der Waals surface area contributed by atoms with E-state index in [0.717, 1.165) is 0 Å². The Labute approximate surface area is 143 Å². The molecule has 2 atom stereocenters. The lowest BCUT2D eigenvalue weighted by Gasteiger charge is -2.33. The number of carbonyl (C=O) groups excluding carboxylic acids is 1. The molecule has 0 unspecified atom stereocenters. The van der Waals surface area contributed by atoms with Crippen molar-refractivity contribution in [1.29, 1.82) is 0 Å². The van der Waals surface area contributed by atoms with Crippen LogP contribution >= 0.6 is 23.2 Å². The molecule has 0 aromatic heterocycles. The topological polar surface area (TPSA) is 76.1 Å². The van der Waals surface area contributed by atoms with E-state index in [1.807, 2.05) is 0 Å². The maximum absolute atomic E-state index is 12.4. The zero-order valence-corrected chi connectivity index (χ0v) is 14.0. The van der Waals surface area contributed by atoms with Gasteiger partial charge in [0.1, 0.15) is 5.75 Å². The fourth-order valence-electron chi connectivity index (χ4n) is 2.30. The summed E-state index contributed by atoms with van der Waals surface area (Å²) in [7, 11) is 0. The minimum atomic E-state index is -0.954. The summed E-state index contributed by atoms with van der Waals surface area (Å²) in [6.45, 7) is 2.58. The number of carboxylic acids is 1. The number of hydrogen-bond acceptors (Lipinski definition) is 4. The molecule has 0 spiro atoms. The van der Waals surface area contributed by atoms with Gasteiger partial charge in [0, 0.05) is 19.2 Å². The van der Waals surface area contributed by atoms with Crippen LogP contribution in [-0.4, -0.2) is 53.8 Å². The van der Waals surface area contributed by atoms with Crippen molar-refractivity contribution in [2.45, 2.75) is 25.6 Å². The fourth-order valence-corrected chi connectivity index (χ4v) is 2.59. The van der Waals surface area contributed by atoms with Crippen molar-refractivity contribution in [2.75, 3.05) is 19.7 Å². The van der Waals surface area contributed by atoms with Crippen molar-refractivity contribution >= 4 is 35.1 Å². The summed E-state index contributed by atoms with van der Waals surface area (Å²) in [5.41, 5.74) is 0. The van der Waals surface area contributed by atoms with Gasteiger partial charge in [0.2, 0.25) is 0 Å². The Morgan fingerprint density at radius 3 is 2.83 bits per heavy atom. The number of amides is 1. The third-order valence-corrected chi connectivity index (χ3v) is 4.14. The molecule has 0 saturated carbocycles. The third kappa shape index (κ3) is 4.99. The van der Waals surface area contributed by atoms with Crippen molar-refractivity contribution in [1.82, 2.24) is 4.90 Å². The average Bonchev–Trinajstić information content (AvgIpc) is 2.49. The summed E-state index contributed by atoms with van der Waals surface area (Å²) < 4.78 is 10.9. The molecule has 1 aliphatic rings. The molecule has 1 aromatic carbocycles. The second-order valence-corrected chi connectivity index (χ2v) is 6.03. The van der Waals surface area contributed by atoms with Gasteiger partial charge in [-0.05, 0) is 19.1 Å². The first-order valence-electron chi connectivity index (χ1n) is 7.10. The summed E-state index contributed by atoms with van der Waals surface area (Å²) in [5, 5.41) is 9.56. The molecule has 1 amide bonds. The summed E-state index contributed by atoms with van der Waals surface area (Å²) in [6.07, 6.45) is -1.36. The lowest BCUT2D eigenvalue weighted by molar-refractivity contribution is -0.151. The molecule has 1 aromatic rings. The molecule has 0 radical (unpaired) electrons. The number of morpholine rings is 1. The van der Waals surface area contributed by atoms with Crippen LogP contribution in [0.3, 0.4) is 0 Å². The van der Waals surface area contributed by atoms with Crippen LogP contribution in [0, 0.1) is 0 Å². The second-order valence-electron chi connectivity index (χ2n) is 5.21. The van der Waals surface area contributed by atoms with E-state index >= 15 is 0 Å². The average molecular weight is 362 g/mol. The molecule has 1 N–H and O–H groups in total. The Morgan fingerprint density at radius 2 is 2.17 bits per heavy atom. The highest BCUT2D eigenvalue weighted by Crippen LogP contribution is 2.27. The molecule has 6 nitrogen and oxygen atoms in total. The van der Waals surface area contributed by atoms with Gasteiger partial charge in [-0.15, -0.1) is 0 Å². The van der Waals surface area contributed by atoms with Crippen molar-refractivity contribution < 1.29 is 24.2 Å². The van der Waals surface area contributed by atoms with E-state index in [1.54, 1.807) is 30.0 Å². The second kappa shape index (κ2) is 7.86. The number of aliphatic carboxylic acids is 1. The Bertz CT molecular complexity index is 595. The molecular formula is C15H17Cl2NO5. The molecule has 1 fully saturated rings. The van der Waals surface area contributed by atoms with Gasteiger partial charge in [0.15, 0.2) is 6.10 Å². The standard InChI is InChI=1S/C15H17Cl2NO5/c1-9(23-10-2-3-12(16)13(17)6-10)15(21)18-4-5-22-11(8-18)7-14(19)20/h2-3,6,9,11H,4-5,7-8H2,1H3,(H,19,20)/t9-,11+/m0/s1. The first kappa shape index (κ1) is 17.8. The zero-order valence-electron chi connectivity index (χ0n) is 12.5. The lowest BCUT2D eigenvalue weighted by atomic mass is 10.2. The van der Waals surface area contributed by atoms with E-state index in [4.69, 9.17) is 37.8 Å². The van der Waals surface area contributed by atoms with Crippen molar-refractivity contribution in [2.24, 2.45) is 0 Å². The quantitative estimate of drug-likeness (QED) is 0.871. The lowest BCUT2D eigenvalue weighted by Crippen LogP contribution is -2.50. The number of rotatable bonds is 5. The maximum Gasteiger partial charge on any atom is 0.306 e. The first-order chi connectivity index (χ1) is 10.9. The first-order valence-corrected chi connectivity index (χ1v) is 7.86. The maximum atomic E-state index is 12.4. The van der Waals surface area contributed by atoms with E-state index in [9.17, 15) is 9.59 Å². The zero-order chi connectivity index (χ0) is 17.0. The Balaban J connectivity index is 1.95. The highest BCUT2D eigenvalue weighted by molar-refractivity contribution is 6.42. The number of nitrogens with zero attached hydrogens (tertiary/aromatic N) is 1. The minimum Gasteiger partial charge on any atom is -0.481 e. The molecule has 2 rings (SSSR count). The van der Waals surface area contributed by atoms with Gasteiger partial charge >= 0.3 is 5.97 Å². The molecule has 126 valence electrons. The highest BCUT2D eigenvalue weighted by Gasteiger charge is 2.29. The predicted molar refractivity (Wildman–Crippen MR) is 85.1 cm³/mol. The van der Waals surface area contributed by atoms with E-state index in [2.05, 4.69) is 0 Å². The molecule has 23 heavy (non-hydrogen) atoms. The largest absolute Gasteiger partial charge is 0.481 e. The van der Waals surface area contributed by atoms with Crippen LogP contribution in [-0.2, 0) is 14.3 Å². The van der Waals surface area contributed by atoms with Crippen LogP contribution in [0.5, 0.6) is 5.75 Å². The van der Waals surface area contributed by atoms with Crippen LogP contribution in [0.15, 0.2) is 18.2 Å². The molecule has 0 aliphatic carbocycles. The molecule has 1 saturated heterocycles. The van der Waals surface area contributed by atoms with Gasteiger partial charge in [-0.25, -0.2) is 0 Å². The smallest absolute Gasteiger partial charge is 0.306 e. The number of carbonyl (C=O) groups is 2. The number of halogens is 2. The van der Waals surface area contributed by atoms with Gasteiger partial charge in [-0.3, -0.25) is 9.59 Å². The number of carboxylic acid groups (broad SMARTS) is 1. The van der Waals surface area contributed by atoms with Crippen LogP contribution in [0.1, 0.15) is 13.3 Å². The van der Waals surface area contributed by atoms with E-state index in [1.165, 1.54) is 0 Å². The summed E-state index contributed by atoms with van der Waals surface area (Å²) in [5.74, 6) is -0.741. The Hall–Kier alpha value is -1.50.